The quantitative estimate of drug-likeness (QED) is 0.365. The van der Waals surface area contributed by atoms with Gasteiger partial charge in [-0.1, -0.05) is 0 Å². The molecule has 0 aliphatic rings. The molecule has 0 aliphatic carbocycles. The van der Waals surface area contributed by atoms with Crippen molar-refractivity contribution in [1.82, 2.24) is 0 Å². The molecule has 0 saturated carbocycles. The molecule has 0 saturated heterocycles. The first kappa shape index (κ1) is 5.32. The molecule has 0 spiro atoms. The van der Waals surface area contributed by atoms with Gasteiger partial charge in [-0.25, -0.2) is 0 Å². The second-order valence-electron chi connectivity index (χ2n) is 0.756. The summed E-state index contributed by atoms with van der Waals surface area (Å²) in [5.74, 6) is 0. The predicted octanol–water partition coefficient (Wildman–Crippen LogP) is 0.479. The van der Waals surface area contributed by atoms with Crippen molar-refractivity contribution in [3.05, 3.63) is 0 Å². The first-order valence-electron chi connectivity index (χ1n) is 1.48. The van der Waals surface area contributed by atoms with Gasteiger partial charge in [-0.2, -0.15) is 0 Å². The van der Waals surface area contributed by atoms with Crippen LogP contribution in [-0.2, 0) is 0 Å². The first-order valence-corrected chi connectivity index (χ1v) is 3.03. The average Bonchev–Trinajstić information content (AvgIpc) is 1.38. The van der Waals surface area contributed by atoms with Crippen molar-refractivity contribution in [3.8, 4) is 0 Å². The van der Waals surface area contributed by atoms with Crippen molar-refractivity contribution < 1.29 is 4.89 Å². The number of hydrogen-bond donors (Lipinski definition) is 1. The molecule has 0 heterocycles. The second-order valence-corrected chi connectivity index (χ2v) is 2.27. The summed E-state index contributed by atoms with van der Waals surface area (Å²) >= 11 is 0. The van der Waals surface area contributed by atoms with Crippen molar-refractivity contribution >= 4 is 14.8 Å². The van der Waals surface area contributed by atoms with Gasteiger partial charge in [0.25, 0.3) is 0 Å². The van der Waals surface area contributed by atoms with Gasteiger partial charge in [0.15, 0.2) is 0 Å². The van der Waals surface area contributed by atoms with Gasteiger partial charge in [0, 0.05) is 0 Å². The summed E-state index contributed by atoms with van der Waals surface area (Å²) in [5, 5.41) is 0. The van der Waals surface area contributed by atoms with E-state index < -0.39 is 7.64 Å². The summed E-state index contributed by atoms with van der Waals surface area (Å²) in [6.07, 6.45) is 0.704. The van der Waals surface area contributed by atoms with E-state index >= 15 is 0 Å². The van der Waals surface area contributed by atoms with Gasteiger partial charge in [-0.05, 0) is 0 Å². The van der Waals surface area contributed by atoms with Crippen LogP contribution in [-0.4, -0.2) is 18.2 Å². The zero-order valence-electron chi connectivity index (χ0n) is 3.18. The summed E-state index contributed by atoms with van der Waals surface area (Å²) < 4.78 is 0. The van der Waals surface area contributed by atoms with Crippen LogP contribution in [0.2, 0.25) is 0 Å². The van der Waals surface area contributed by atoms with Gasteiger partial charge >= 0.3 is 32.8 Å². The van der Waals surface area contributed by atoms with E-state index in [-0.39, 0.29) is 0 Å². The van der Waals surface area contributed by atoms with Crippen molar-refractivity contribution in [3.63, 3.8) is 0 Å². The van der Waals surface area contributed by atoms with E-state index in [9.17, 15) is 0 Å². The molecule has 1 nitrogen and oxygen atoms in total. The summed E-state index contributed by atoms with van der Waals surface area (Å²) in [4.78, 5) is 8.20. The molecular formula is C2H6BOP+. The van der Waals surface area contributed by atoms with Crippen molar-refractivity contribution in [2.75, 3.05) is 6.16 Å². The Hall–Kier alpha value is 0.325. The summed E-state index contributed by atoms with van der Waals surface area (Å²) in [5.41, 5.74) is 0. The van der Waals surface area contributed by atoms with Crippen molar-refractivity contribution in [2.24, 2.45) is 0 Å². The van der Waals surface area contributed by atoms with Gasteiger partial charge in [0.05, 0.1) is 0 Å². The Morgan fingerprint density at radius 3 is 2.20 bits per heavy atom. The van der Waals surface area contributed by atoms with Crippen molar-refractivity contribution in [1.29, 1.82) is 0 Å². The van der Waals surface area contributed by atoms with E-state index in [4.69, 9.17) is 12.1 Å². The van der Waals surface area contributed by atoms with Crippen LogP contribution in [0.1, 0.15) is 6.92 Å². The minimum absolute atomic E-state index is 0.704. The van der Waals surface area contributed by atoms with Crippen LogP contribution in [0.25, 0.3) is 0 Å². The summed E-state index contributed by atoms with van der Waals surface area (Å²) in [7, 11) is 3.81. The van der Waals surface area contributed by atoms with E-state index in [1.807, 2.05) is 6.92 Å². The van der Waals surface area contributed by atoms with E-state index in [0.717, 1.165) is 0 Å². The molecule has 27 valence electrons. The van der Waals surface area contributed by atoms with Crippen LogP contribution >= 0.6 is 7.64 Å². The van der Waals surface area contributed by atoms with Gasteiger partial charge in [0.2, 0.25) is 0 Å². The SMILES string of the molecule is [B]=[P+](O)CC. The topological polar surface area (TPSA) is 20.2 Å². The zero-order valence-corrected chi connectivity index (χ0v) is 4.07. The summed E-state index contributed by atoms with van der Waals surface area (Å²) in [6.45, 7) is 1.85. The standard InChI is InChI=1S/C2H6BOP/c1-2-5(3)4/h4H,2H2,1H3/q+1. The van der Waals surface area contributed by atoms with Gasteiger partial charge in [0.1, 0.15) is 0 Å². The molecule has 0 fully saturated rings. The van der Waals surface area contributed by atoms with Crippen LogP contribution in [0.15, 0.2) is 0 Å². The van der Waals surface area contributed by atoms with Crippen LogP contribution in [0.3, 0.4) is 0 Å². The monoisotopic (exact) mass is 88.0 g/mol. The van der Waals surface area contributed by atoms with E-state index in [1.54, 1.807) is 0 Å². The average molecular weight is 87.9 g/mol. The fraction of sp³-hybridized carbons (Fsp3) is 1.00. The first-order chi connectivity index (χ1) is 2.27. The molecule has 0 aromatic carbocycles. The van der Waals surface area contributed by atoms with Crippen LogP contribution in [0.5, 0.6) is 0 Å². The molecule has 0 aliphatic heterocycles. The van der Waals surface area contributed by atoms with Crippen LogP contribution in [0, 0.1) is 0 Å². The van der Waals surface area contributed by atoms with Crippen LogP contribution < -0.4 is 0 Å². The Morgan fingerprint density at radius 2 is 2.20 bits per heavy atom. The Morgan fingerprint density at radius 1 is 2.00 bits per heavy atom. The van der Waals surface area contributed by atoms with Gasteiger partial charge < -0.3 is 0 Å². The Bertz CT molecular complexity index is 44.9. The molecule has 0 amide bonds. The molecule has 0 rings (SSSR count). The number of hydrogen-bond acceptors (Lipinski definition) is 1. The van der Waals surface area contributed by atoms with E-state index in [0.29, 0.717) is 6.16 Å². The third-order valence-electron chi connectivity index (χ3n) is 0.324. The van der Waals surface area contributed by atoms with Gasteiger partial charge in [-0.15, -0.1) is 0 Å². The van der Waals surface area contributed by atoms with Crippen molar-refractivity contribution in [2.45, 2.75) is 6.92 Å². The van der Waals surface area contributed by atoms with Crippen LogP contribution in [0.4, 0.5) is 0 Å². The molecule has 0 aromatic rings. The second kappa shape index (κ2) is 2.56. The molecule has 0 aromatic heterocycles. The predicted molar refractivity (Wildman–Crippen MR) is 25.4 cm³/mol. The summed E-state index contributed by atoms with van der Waals surface area (Å²) in [6, 6.07) is 0. The number of rotatable bonds is 1. The molecule has 0 bridgehead atoms. The fourth-order valence-electron chi connectivity index (χ4n) is 0. The zero-order chi connectivity index (χ0) is 4.28. The maximum absolute atomic E-state index is 8.20. The molecule has 5 heavy (non-hydrogen) atoms. The molecule has 1 radical (unpaired) electrons. The Balaban J connectivity index is 2.85. The van der Waals surface area contributed by atoms with E-state index in [1.165, 1.54) is 0 Å². The normalized spacial score (nSPS) is 11.0. The maximum atomic E-state index is 8.20. The minimum atomic E-state index is -1.10. The molecular weight excluding hydrogens is 81.8 g/mol. The molecule has 3 heteroatoms. The third-order valence-corrected chi connectivity index (χ3v) is 0.972. The molecule has 1 unspecified atom stereocenters. The van der Waals surface area contributed by atoms with Gasteiger partial charge in [-0.3, -0.25) is 0 Å². The molecule has 1 atom stereocenters. The van der Waals surface area contributed by atoms with E-state index in [2.05, 4.69) is 0 Å². The molecule has 1 N–H and O–H groups in total. The fourth-order valence-corrected chi connectivity index (χ4v) is 0. The Kier molecular flexibility index (Phi) is 2.72. The third kappa shape index (κ3) is 4.32. The Labute approximate surface area is 33.8 Å².